The van der Waals surface area contributed by atoms with E-state index in [4.69, 9.17) is 0 Å². The monoisotopic (exact) mass is 362 g/mol. The fourth-order valence-electron chi connectivity index (χ4n) is 3.11. The molecule has 0 spiro atoms. The molecule has 0 atom stereocenters. The summed E-state index contributed by atoms with van der Waals surface area (Å²) in [5.74, 6) is -0.763. The molecule has 1 N–H and O–H groups in total. The summed E-state index contributed by atoms with van der Waals surface area (Å²) in [7, 11) is 0. The molecule has 1 fully saturated rings. The number of nitrogens with zero attached hydrogens (tertiary/aromatic N) is 3. The number of hydrogen-bond acceptors (Lipinski definition) is 3. The Morgan fingerprint density at radius 3 is 2.52 bits per heavy atom. The number of halogens is 5. The van der Waals surface area contributed by atoms with Gasteiger partial charge in [-0.05, 0) is 25.0 Å². The Balaban J connectivity index is 1.80. The van der Waals surface area contributed by atoms with Crippen molar-refractivity contribution in [2.24, 2.45) is 5.41 Å². The molecule has 0 radical (unpaired) electrons. The Morgan fingerprint density at radius 2 is 1.92 bits per heavy atom. The van der Waals surface area contributed by atoms with Crippen molar-refractivity contribution in [1.29, 1.82) is 0 Å². The van der Waals surface area contributed by atoms with Crippen LogP contribution in [0.3, 0.4) is 0 Å². The van der Waals surface area contributed by atoms with Crippen LogP contribution in [-0.2, 0) is 17.5 Å². The first-order chi connectivity index (χ1) is 11.7. The van der Waals surface area contributed by atoms with Gasteiger partial charge in [0.05, 0.1) is 12.1 Å². The molecule has 2 aromatic heterocycles. The van der Waals surface area contributed by atoms with Gasteiger partial charge in [-0.3, -0.25) is 9.20 Å². The molecule has 2 aromatic rings. The molecule has 1 aliphatic rings. The van der Waals surface area contributed by atoms with E-state index in [2.05, 4.69) is 15.5 Å². The molecular formula is C15H15F5N4O. The van der Waals surface area contributed by atoms with Crippen molar-refractivity contribution in [2.75, 3.05) is 0 Å². The highest BCUT2D eigenvalue weighted by Crippen LogP contribution is 2.43. The Bertz CT molecular complexity index is 780. The van der Waals surface area contributed by atoms with Crippen LogP contribution in [0.25, 0.3) is 5.65 Å². The number of rotatable bonds is 4. The molecule has 0 aromatic carbocycles. The Hall–Kier alpha value is -2.26. The zero-order valence-corrected chi connectivity index (χ0v) is 13.0. The summed E-state index contributed by atoms with van der Waals surface area (Å²) in [5.41, 5.74) is -2.45. The molecule has 25 heavy (non-hydrogen) atoms. The number of alkyl halides is 5. The van der Waals surface area contributed by atoms with Crippen LogP contribution in [0.1, 0.15) is 37.1 Å². The van der Waals surface area contributed by atoms with Gasteiger partial charge >= 0.3 is 6.18 Å². The summed E-state index contributed by atoms with van der Waals surface area (Å²) >= 11 is 0. The van der Waals surface area contributed by atoms with Gasteiger partial charge in [-0.1, -0.05) is 12.8 Å². The molecule has 0 aliphatic heterocycles. The molecule has 10 heteroatoms. The quantitative estimate of drug-likeness (QED) is 0.850. The number of hydrogen-bond donors (Lipinski definition) is 1. The number of fused-ring (bicyclic) bond motifs is 1. The molecule has 136 valence electrons. The van der Waals surface area contributed by atoms with E-state index in [9.17, 15) is 26.7 Å². The van der Waals surface area contributed by atoms with Gasteiger partial charge < -0.3 is 5.32 Å². The third kappa shape index (κ3) is 3.16. The van der Waals surface area contributed by atoms with E-state index >= 15 is 0 Å². The second kappa shape index (κ2) is 6.23. The summed E-state index contributed by atoms with van der Waals surface area (Å²) in [6.45, 7) is -0.282. The number of amides is 1. The number of pyridine rings is 1. The molecule has 0 bridgehead atoms. The van der Waals surface area contributed by atoms with Gasteiger partial charge in [0, 0.05) is 6.20 Å². The Labute approximate surface area is 139 Å². The molecule has 1 aliphatic carbocycles. The van der Waals surface area contributed by atoms with E-state index in [1.54, 1.807) is 0 Å². The average Bonchev–Trinajstić information content (AvgIpc) is 3.19. The molecule has 2 heterocycles. The molecule has 3 rings (SSSR count). The van der Waals surface area contributed by atoms with Crippen molar-refractivity contribution in [2.45, 2.75) is 44.8 Å². The maximum Gasteiger partial charge on any atom is 0.417 e. The topological polar surface area (TPSA) is 59.3 Å². The summed E-state index contributed by atoms with van der Waals surface area (Å²) in [6, 6.07) is 2.02. The summed E-state index contributed by atoms with van der Waals surface area (Å²) in [4.78, 5) is 12.2. The van der Waals surface area contributed by atoms with Crippen LogP contribution in [0.15, 0.2) is 18.3 Å². The van der Waals surface area contributed by atoms with Crippen LogP contribution in [0, 0.1) is 5.41 Å². The van der Waals surface area contributed by atoms with Gasteiger partial charge in [0.15, 0.2) is 11.5 Å². The van der Waals surface area contributed by atoms with Crippen molar-refractivity contribution in [3.05, 3.63) is 29.7 Å². The van der Waals surface area contributed by atoms with E-state index in [0.717, 1.165) is 22.7 Å². The van der Waals surface area contributed by atoms with Gasteiger partial charge in [-0.25, -0.2) is 8.78 Å². The highest BCUT2D eigenvalue weighted by Gasteiger charge is 2.49. The second-order valence-electron chi connectivity index (χ2n) is 6.11. The molecule has 5 nitrogen and oxygen atoms in total. The lowest BCUT2D eigenvalue weighted by atomic mass is 9.85. The average molecular weight is 362 g/mol. The van der Waals surface area contributed by atoms with E-state index in [1.807, 2.05) is 0 Å². The first-order valence-electron chi connectivity index (χ1n) is 7.71. The first kappa shape index (κ1) is 17.6. The van der Waals surface area contributed by atoms with Gasteiger partial charge in [0.25, 0.3) is 6.43 Å². The van der Waals surface area contributed by atoms with Crippen molar-refractivity contribution in [3.8, 4) is 0 Å². The zero-order chi connectivity index (χ0) is 18.2. The maximum atomic E-state index is 13.3. The smallest absolute Gasteiger partial charge is 0.348 e. The van der Waals surface area contributed by atoms with Crippen LogP contribution < -0.4 is 5.32 Å². The Morgan fingerprint density at radius 1 is 1.24 bits per heavy atom. The molecule has 1 amide bonds. The predicted octanol–water partition coefficient (Wildman–Crippen LogP) is 3.19. The van der Waals surface area contributed by atoms with Gasteiger partial charge in [0.2, 0.25) is 5.91 Å². The standard InChI is InChI=1S/C15H15F5N4O/c16-12(17)14(5-1-2-6-14)13(25)21-7-11-23-22-10-4-3-9(8-24(10)11)15(18,19)20/h3-4,8,12H,1-2,5-7H2,(H,21,25). The van der Waals surface area contributed by atoms with Crippen molar-refractivity contribution in [3.63, 3.8) is 0 Å². The van der Waals surface area contributed by atoms with Gasteiger partial charge in [-0.15, -0.1) is 10.2 Å². The van der Waals surface area contributed by atoms with Crippen LogP contribution >= 0.6 is 0 Å². The van der Waals surface area contributed by atoms with Crippen LogP contribution in [-0.4, -0.2) is 26.9 Å². The number of nitrogens with one attached hydrogen (secondary N) is 1. The van der Waals surface area contributed by atoms with Gasteiger partial charge in [-0.2, -0.15) is 13.2 Å². The summed E-state index contributed by atoms with van der Waals surface area (Å²) in [5, 5.41) is 9.82. The normalized spacial score (nSPS) is 17.4. The van der Waals surface area contributed by atoms with Gasteiger partial charge in [0.1, 0.15) is 5.41 Å². The van der Waals surface area contributed by atoms with Crippen LogP contribution in [0.2, 0.25) is 0 Å². The van der Waals surface area contributed by atoms with Crippen LogP contribution in [0.4, 0.5) is 22.0 Å². The molecule has 1 saturated carbocycles. The van der Waals surface area contributed by atoms with E-state index in [0.29, 0.717) is 12.8 Å². The minimum absolute atomic E-state index is 0.0388. The highest BCUT2D eigenvalue weighted by atomic mass is 19.4. The van der Waals surface area contributed by atoms with E-state index in [1.165, 1.54) is 0 Å². The Kier molecular flexibility index (Phi) is 4.38. The maximum absolute atomic E-state index is 13.3. The zero-order valence-electron chi connectivity index (χ0n) is 13.0. The summed E-state index contributed by atoms with van der Waals surface area (Å²) < 4.78 is 66.2. The van der Waals surface area contributed by atoms with E-state index in [-0.39, 0.29) is 30.9 Å². The number of carbonyl (C=O) groups is 1. The third-order valence-corrected chi connectivity index (χ3v) is 4.57. The van der Waals surface area contributed by atoms with Crippen molar-refractivity contribution in [1.82, 2.24) is 19.9 Å². The first-order valence-corrected chi connectivity index (χ1v) is 7.71. The highest BCUT2D eigenvalue weighted by molar-refractivity contribution is 5.83. The molecule has 0 unspecified atom stereocenters. The van der Waals surface area contributed by atoms with Crippen molar-refractivity contribution >= 4 is 11.6 Å². The predicted molar refractivity (Wildman–Crippen MR) is 76.7 cm³/mol. The summed E-state index contributed by atoms with van der Waals surface area (Å²) in [6.07, 6.45) is -5.24. The number of aromatic nitrogens is 3. The minimum Gasteiger partial charge on any atom is -0.348 e. The lowest BCUT2D eigenvalue weighted by Gasteiger charge is -2.26. The number of carbonyl (C=O) groups excluding carboxylic acids is 1. The van der Waals surface area contributed by atoms with Crippen LogP contribution in [0.5, 0.6) is 0 Å². The fourth-order valence-corrected chi connectivity index (χ4v) is 3.11. The fraction of sp³-hybridized carbons (Fsp3) is 0.533. The third-order valence-electron chi connectivity index (χ3n) is 4.57. The lowest BCUT2D eigenvalue weighted by molar-refractivity contribution is -0.140. The largest absolute Gasteiger partial charge is 0.417 e. The molecule has 0 saturated heterocycles. The van der Waals surface area contributed by atoms with E-state index < -0.39 is 29.5 Å². The minimum atomic E-state index is -4.54. The SMILES string of the molecule is O=C(NCc1nnc2ccc(C(F)(F)F)cn12)C1(C(F)F)CCCC1. The lowest BCUT2D eigenvalue weighted by Crippen LogP contribution is -2.44. The van der Waals surface area contributed by atoms with Crippen molar-refractivity contribution < 1.29 is 26.7 Å². The second-order valence-corrected chi connectivity index (χ2v) is 6.11. The molecular weight excluding hydrogens is 347 g/mol.